The predicted octanol–water partition coefficient (Wildman–Crippen LogP) is 2.26. The Hall–Kier alpha value is -0.870. The minimum atomic E-state index is 0.793. The number of hydrogen-bond donors (Lipinski definition) is 1. The molecule has 0 bridgehead atoms. The molecule has 1 aromatic rings. The molecule has 106 valence electrons. The molecule has 0 spiro atoms. The molecule has 1 N–H and O–H groups in total. The Morgan fingerprint density at radius 2 is 2.05 bits per heavy atom. The third-order valence-corrected chi connectivity index (χ3v) is 4.86. The Morgan fingerprint density at radius 1 is 1.26 bits per heavy atom. The lowest BCUT2D eigenvalue weighted by Crippen LogP contribution is -2.40. The van der Waals surface area contributed by atoms with Crippen LogP contribution in [0.1, 0.15) is 42.7 Å². The van der Waals surface area contributed by atoms with Crippen LogP contribution in [0, 0.1) is 19.8 Å². The van der Waals surface area contributed by atoms with Gasteiger partial charge in [-0.3, -0.25) is 4.90 Å². The number of likely N-dealkylation sites (tertiary alicyclic amines) is 1. The Balaban J connectivity index is 1.53. The van der Waals surface area contributed by atoms with Gasteiger partial charge in [-0.25, -0.2) is 0 Å². The SMILES string of the molecule is Cc1noc(C)c1CN1CCC(C2CCCN2)CC1. The topological polar surface area (TPSA) is 41.3 Å². The van der Waals surface area contributed by atoms with Crippen LogP contribution in [-0.2, 0) is 6.54 Å². The van der Waals surface area contributed by atoms with Crippen molar-refractivity contribution in [3.63, 3.8) is 0 Å². The van der Waals surface area contributed by atoms with Crippen molar-refractivity contribution in [1.29, 1.82) is 0 Å². The van der Waals surface area contributed by atoms with Crippen molar-refractivity contribution in [2.24, 2.45) is 5.92 Å². The van der Waals surface area contributed by atoms with Crippen LogP contribution in [0.5, 0.6) is 0 Å². The number of nitrogens with zero attached hydrogens (tertiary/aromatic N) is 2. The summed E-state index contributed by atoms with van der Waals surface area (Å²) >= 11 is 0. The summed E-state index contributed by atoms with van der Waals surface area (Å²) < 4.78 is 5.25. The normalized spacial score (nSPS) is 26.1. The van der Waals surface area contributed by atoms with E-state index in [4.69, 9.17) is 4.52 Å². The van der Waals surface area contributed by atoms with Gasteiger partial charge in [0.15, 0.2) is 0 Å². The summed E-state index contributed by atoms with van der Waals surface area (Å²) in [6.07, 6.45) is 5.42. The third kappa shape index (κ3) is 2.84. The second-order valence-corrected chi connectivity index (χ2v) is 6.12. The maximum Gasteiger partial charge on any atom is 0.138 e. The number of nitrogens with one attached hydrogen (secondary N) is 1. The minimum Gasteiger partial charge on any atom is -0.361 e. The van der Waals surface area contributed by atoms with Gasteiger partial charge in [0.2, 0.25) is 0 Å². The summed E-state index contributed by atoms with van der Waals surface area (Å²) in [6, 6.07) is 0.793. The first-order valence-electron chi connectivity index (χ1n) is 7.61. The maximum atomic E-state index is 5.25. The third-order valence-electron chi connectivity index (χ3n) is 4.86. The van der Waals surface area contributed by atoms with Gasteiger partial charge in [0.25, 0.3) is 0 Å². The minimum absolute atomic E-state index is 0.793. The Morgan fingerprint density at radius 3 is 2.63 bits per heavy atom. The monoisotopic (exact) mass is 263 g/mol. The van der Waals surface area contributed by atoms with Crippen molar-refractivity contribution < 1.29 is 4.52 Å². The first-order valence-corrected chi connectivity index (χ1v) is 7.61. The van der Waals surface area contributed by atoms with E-state index in [0.717, 1.165) is 30.0 Å². The molecule has 0 aliphatic carbocycles. The van der Waals surface area contributed by atoms with Gasteiger partial charge in [-0.2, -0.15) is 0 Å². The lowest BCUT2D eigenvalue weighted by Gasteiger charge is -2.34. The maximum absolute atomic E-state index is 5.25. The highest BCUT2D eigenvalue weighted by atomic mass is 16.5. The van der Waals surface area contributed by atoms with E-state index >= 15 is 0 Å². The molecule has 19 heavy (non-hydrogen) atoms. The summed E-state index contributed by atoms with van der Waals surface area (Å²) in [5, 5.41) is 7.71. The quantitative estimate of drug-likeness (QED) is 0.908. The summed E-state index contributed by atoms with van der Waals surface area (Å²) in [5.74, 6) is 1.88. The summed E-state index contributed by atoms with van der Waals surface area (Å²) in [6.45, 7) is 8.72. The molecule has 3 rings (SSSR count). The van der Waals surface area contributed by atoms with Crippen LogP contribution in [-0.4, -0.2) is 35.7 Å². The lowest BCUT2D eigenvalue weighted by molar-refractivity contribution is 0.156. The fraction of sp³-hybridized carbons (Fsp3) is 0.800. The molecule has 2 saturated heterocycles. The van der Waals surface area contributed by atoms with Crippen molar-refractivity contribution in [3.8, 4) is 0 Å². The fourth-order valence-corrected chi connectivity index (χ4v) is 3.58. The molecule has 0 saturated carbocycles. The van der Waals surface area contributed by atoms with Gasteiger partial charge in [-0.15, -0.1) is 0 Å². The molecule has 0 amide bonds. The Kier molecular flexibility index (Phi) is 3.89. The highest BCUT2D eigenvalue weighted by molar-refractivity contribution is 5.20. The van der Waals surface area contributed by atoms with Gasteiger partial charge in [-0.1, -0.05) is 5.16 Å². The molecule has 2 fully saturated rings. The van der Waals surface area contributed by atoms with Crippen LogP contribution < -0.4 is 5.32 Å². The first kappa shape index (κ1) is 13.1. The highest BCUT2D eigenvalue weighted by Gasteiger charge is 2.28. The van der Waals surface area contributed by atoms with Gasteiger partial charge in [0.1, 0.15) is 5.76 Å². The smallest absolute Gasteiger partial charge is 0.138 e. The van der Waals surface area contributed by atoms with E-state index in [0.29, 0.717) is 0 Å². The number of hydrogen-bond acceptors (Lipinski definition) is 4. The van der Waals surface area contributed by atoms with E-state index in [-0.39, 0.29) is 0 Å². The molecular formula is C15H25N3O. The second kappa shape index (κ2) is 5.63. The van der Waals surface area contributed by atoms with Gasteiger partial charge in [0, 0.05) is 18.2 Å². The molecule has 2 aliphatic heterocycles. The van der Waals surface area contributed by atoms with E-state index in [9.17, 15) is 0 Å². The van der Waals surface area contributed by atoms with Crippen molar-refractivity contribution in [2.75, 3.05) is 19.6 Å². The number of rotatable bonds is 3. The Labute approximate surface area is 115 Å². The molecule has 4 heteroatoms. The summed E-state index contributed by atoms with van der Waals surface area (Å²) in [5.41, 5.74) is 2.34. The number of aryl methyl sites for hydroxylation is 2. The predicted molar refractivity (Wildman–Crippen MR) is 75.0 cm³/mol. The lowest BCUT2D eigenvalue weighted by atomic mass is 9.88. The van der Waals surface area contributed by atoms with Crippen LogP contribution >= 0.6 is 0 Å². The van der Waals surface area contributed by atoms with E-state index in [1.54, 1.807) is 0 Å². The van der Waals surface area contributed by atoms with E-state index in [1.807, 2.05) is 13.8 Å². The zero-order valence-corrected chi connectivity index (χ0v) is 12.1. The molecule has 1 aromatic heterocycles. The second-order valence-electron chi connectivity index (χ2n) is 6.12. The molecule has 0 aromatic carbocycles. The first-order chi connectivity index (χ1) is 9.24. The number of aromatic nitrogens is 1. The zero-order chi connectivity index (χ0) is 13.2. The van der Waals surface area contributed by atoms with Gasteiger partial charge in [-0.05, 0) is 65.1 Å². The van der Waals surface area contributed by atoms with Gasteiger partial charge in [0.05, 0.1) is 5.69 Å². The summed E-state index contributed by atoms with van der Waals surface area (Å²) in [7, 11) is 0. The standard InChI is InChI=1S/C15H25N3O/c1-11-14(12(2)19-17-11)10-18-8-5-13(6-9-18)15-4-3-7-16-15/h13,15-16H,3-10H2,1-2H3. The van der Waals surface area contributed by atoms with E-state index < -0.39 is 0 Å². The van der Waals surface area contributed by atoms with E-state index in [1.165, 1.54) is 50.9 Å². The van der Waals surface area contributed by atoms with Crippen molar-refractivity contribution in [3.05, 3.63) is 17.0 Å². The molecule has 1 unspecified atom stereocenters. The molecule has 1 atom stereocenters. The largest absolute Gasteiger partial charge is 0.361 e. The molecular weight excluding hydrogens is 238 g/mol. The van der Waals surface area contributed by atoms with Gasteiger partial charge >= 0.3 is 0 Å². The van der Waals surface area contributed by atoms with Crippen molar-refractivity contribution >= 4 is 0 Å². The van der Waals surface area contributed by atoms with Crippen LogP contribution in [0.3, 0.4) is 0 Å². The van der Waals surface area contributed by atoms with Crippen LogP contribution in [0.25, 0.3) is 0 Å². The molecule has 3 heterocycles. The van der Waals surface area contributed by atoms with Crippen LogP contribution in [0.2, 0.25) is 0 Å². The molecule has 2 aliphatic rings. The van der Waals surface area contributed by atoms with Crippen molar-refractivity contribution in [1.82, 2.24) is 15.4 Å². The van der Waals surface area contributed by atoms with Crippen LogP contribution in [0.15, 0.2) is 4.52 Å². The molecule has 0 radical (unpaired) electrons. The number of piperidine rings is 1. The summed E-state index contributed by atoms with van der Waals surface area (Å²) in [4.78, 5) is 2.55. The van der Waals surface area contributed by atoms with Crippen LogP contribution in [0.4, 0.5) is 0 Å². The Bertz CT molecular complexity index is 396. The average Bonchev–Trinajstić information content (AvgIpc) is 3.05. The van der Waals surface area contributed by atoms with Gasteiger partial charge < -0.3 is 9.84 Å². The highest BCUT2D eigenvalue weighted by Crippen LogP contribution is 2.27. The van der Waals surface area contributed by atoms with E-state index in [2.05, 4.69) is 15.4 Å². The molecule has 4 nitrogen and oxygen atoms in total. The van der Waals surface area contributed by atoms with Crippen molar-refractivity contribution in [2.45, 2.75) is 52.1 Å². The fourth-order valence-electron chi connectivity index (χ4n) is 3.58. The average molecular weight is 263 g/mol. The zero-order valence-electron chi connectivity index (χ0n) is 12.1.